The number of aryl methyl sites for hydroxylation is 2. The molecule has 10 heteroatoms. The number of fused-ring (bicyclic) bond motifs is 3. The minimum absolute atomic E-state index is 0.127. The number of aromatic nitrogens is 4. The maximum Gasteiger partial charge on any atom is 0.229 e. The molecule has 0 bridgehead atoms. The molecule has 0 aliphatic rings. The van der Waals surface area contributed by atoms with Gasteiger partial charge in [-0.2, -0.15) is 4.52 Å². The Hall–Kier alpha value is -4.18. The largest absolute Gasteiger partial charge is 0.497 e. The van der Waals surface area contributed by atoms with Crippen molar-refractivity contribution in [2.45, 2.75) is 23.8 Å². The molecule has 178 valence electrons. The second-order valence-electron chi connectivity index (χ2n) is 8.11. The minimum atomic E-state index is -3.98. The van der Waals surface area contributed by atoms with Gasteiger partial charge in [-0.15, -0.1) is 5.10 Å². The summed E-state index contributed by atoms with van der Waals surface area (Å²) in [5.41, 5.74) is 2.90. The lowest BCUT2D eigenvalue weighted by Crippen LogP contribution is -2.07. The highest BCUT2D eigenvalue weighted by Gasteiger charge is 2.28. The molecule has 0 spiro atoms. The minimum Gasteiger partial charge on any atom is -0.497 e. The summed E-state index contributed by atoms with van der Waals surface area (Å²) in [5, 5.41) is 12.0. The average Bonchev–Trinajstić information content (AvgIpc) is 3.30. The number of methoxy groups -OCH3 is 2. The third-order valence-corrected chi connectivity index (χ3v) is 7.52. The molecule has 2 aromatic heterocycles. The lowest BCUT2D eigenvalue weighted by molar-refractivity contribution is 0.395. The van der Waals surface area contributed by atoms with Gasteiger partial charge in [-0.3, -0.25) is 0 Å². The number of benzene rings is 3. The summed E-state index contributed by atoms with van der Waals surface area (Å²) in [6, 6.07) is 18.1. The molecule has 0 radical (unpaired) electrons. The number of sulfone groups is 1. The smallest absolute Gasteiger partial charge is 0.229 e. The third-order valence-electron chi connectivity index (χ3n) is 5.72. The van der Waals surface area contributed by atoms with Gasteiger partial charge in [-0.05, 0) is 43.2 Å². The van der Waals surface area contributed by atoms with Crippen LogP contribution in [-0.2, 0) is 9.84 Å². The second-order valence-corrected chi connectivity index (χ2v) is 9.94. The number of para-hydroxylation sites is 1. The van der Waals surface area contributed by atoms with E-state index in [0.717, 1.165) is 10.9 Å². The van der Waals surface area contributed by atoms with Crippen LogP contribution in [0.3, 0.4) is 0 Å². The van der Waals surface area contributed by atoms with Gasteiger partial charge in [0.15, 0.2) is 5.65 Å². The van der Waals surface area contributed by atoms with Crippen molar-refractivity contribution in [3.8, 4) is 11.5 Å². The van der Waals surface area contributed by atoms with Crippen LogP contribution in [0.4, 0.5) is 11.5 Å². The monoisotopic (exact) mass is 489 g/mol. The Bertz CT molecular complexity index is 1670. The topological polar surface area (TPSA) is 108 Å². The fourth-order valence-corrected chi connectivity index (χ4v) is 5.49. The number of hydrogen-bond acceptors (Lipinski definition) is 8. The van der Waals surface area contributed by atoms with Crippen molar-refractivity contribution in [1.29, 1.82) is 0 Å². The van der Waals surface area contributed by atoms with Crippen LogP contribution >= 0.6 is 0 Å². The van der Waals surface area contributed by atoms with Crippen LogP contribution in [0.2, 0.25) is 0 Å². The first-order valence-electron chi connectivity index (χ1n) is 10.8. The van der Waals surface area contributed by atoms with Crippen molar-refractivity contribution in [3.05, 3.63) is 71.8 Å². The van der Waals surface area contributed by atoms with Gasteiger partial charge in [0.05, 0.1) is 24.6 Å². The molecule has 0 aliphatic heterocycles. The Morgan fingerprint density at radius 1 is 0.914 bits per heavy atom. The molecule has 5 rings (SSSR count). The maximum absolute atomic E-state index is 13.6. The number of nitrogens with zero attached hydrogens (tertiary/aromatic N) is 4. The van der Waals surface area contributed by atoms with Crippen molar-refractivity contribution in [2.24, 2.45) is 0 Å². The van der Waals surface area contributed by atoms with Crippen molar-refractivity contribution in [3.63, 3.8) is 0 Å². The molecule has 0 saturated carbocycles. The molecule has 2 heterocycles. The van der Waals surface area contributed by atoms with Gasteiger partial charge in [0.25, 0.3) is 0 Å². The fourth-order valence-electron chi connectivity index (χ4n) is 3.93. The summed E-state index contributed by atoms with van der Waals surface area (Å²) >= 11 is 0. The van der Waals surface area contributed by atoms with Crippen LogP contribution in [0, 0.1) is 13.8 Å². The summed E-state index contributed by atoms with van der Waals surface area (Å²) in [5.74, 6) is 1.64. The number of nitrogens with one attached hydrogen (secondary N) is 1. The first-order valence-corrected chi connectivity index (χ1v) is 12.3. The van der Waals surface area contributed by atoms with E-state index in [1.807, 2.05) is 37.3 Å². The van der Waals surface area contributed by atoms with E-state index in [1.54, 1.807) is 51.5 Å². The van der Waals surface area contributed by atoms with Crippen molar-refractivity contribution in [1.82, 2.24) is 19.8 Å². The van der Waals surface area contributed by atoms with Gasteiger partial charge in [0.2, 0.25) is 14.9 Å². The van der Waals surface area contributed by atoms with E-state index in [9.17, 15) is 8.42 Å². The van der Waals surface area contributed by atoms with E-state index in [0.29, 0.717) is 34.1 Å². The van der Waals surface area contributed by atoms with E-state index < -0.39 is 9.84 Å². The van der Waals surface area contributed by atoms with Crippen molar-refractivity contribution in [2.75, 3.05) is 19.5 Å². The lowest BCUT2D eigenvalue weighted by atomic mass is 10.2. The maximum atomic E-state index is 13.6. The highest BCUT2D eigenvalue weighted by atomic mass is 32.2. The highest BCUT2D eigenvalue weighted by Crippen LogP contribution is 2.33. The van der Waals surface area contributed by atoms with E-state index in [1.165, 1.54) is 4.52 Å². The first kappa shape index (κ1) is 22.6. The SMILES string of the molecule is COc1cc(Nc2nc3c(S(=O)(=O)c4cc(C)ccc4C)nnn3c3ccccc23)cc(OC)c1. The number of rotatable bonds is 6. The van der Waals surface area contributed by atoms with Gasteiger partial charge in [0.1, 0.15) is 17.3 Å². The molecular weight excluding hydrogens is 466 g/mol. The van der Waals surface area contributed by atoms with Crippen LogP contribution < -0.4 is 14.8 Å². The summed E-state index contributed by atoms with van der Waals surface area (Å²) in [6.07, 6.45) is 0. The molecule has 5 aromatic rings. The summed E-state index contributed by atoms with van der Waals surface area (Å²) in [7, 11) is -0.840. The van der Waals surface area contributed by atoms with Crippen LogP contribution in [0.15, 0.2) is 70.6 Å². The summed E-state index contributed by atoms with van der Waals surface area (Å²) < 4.78 is 39.5. The molecule has 1 N–H and O–H groups in total. The fraction of sp³-hybridized carbons (Fsp3) is 0.160. The zero-order valence-corrected chi connectivity index (χ0v) is 20.4. The van der Waals surface area contributed by atoms with Crippen LogP contribution in [0.1, 0.15) is 11.1 Å². The van der Waals surface area contributed by atoms with E-state index in [-0.39, 0.29) is 15.6 Å². The third kappa shape index (κ3) is 3.91. The Kier molecular flexibility index (Phi) is 5.52. The van der Waals surface area contributed by atoms with Gasteiger partial charge < -0.3 is 14.8 Å². The zero-order valence-electron chi connectivity index (χ0n) is 19.6. The molecule has 0 aliphatic carbocycles. The quantitative estimate of drug-likeness (QED) is 0.372. The molecule has 0 saturated heterocycles. The molecule has 3 aromatic carbocycles. The molecule has 35 heavy (non-hydrogen) atoms. The molecule has 0 unspecified atom stereocenters. The normalized spacial score (nSPS) is 11.7. The Morgan fingerprint density at radius 2 is 1.63 bits per heavy atom. The van der Waals surface area contributed by atoms with Crippen LogP contribution in [0.5, 0.6) is 11.5 Å². The molecule has 0 fully saturated rings. The molecule has 9 nitrogen and oxygen atoms in total. The number of ether oxygens (including phenoxy) is 2. The van der Waals surface area contributed by atoms with Gasteiger partial charge in [-0.25, -0.2) is 13.4 Å². The van der Waals surface area contributed by atoms with Gasteiger partial charge in [0, 0.05) is 29.3 Å². The number of anilines is 2. The van der Waals surface area contributed by atoms with Crippen LogP contribution in [0.25, 0.3) is 16.6 Å². The highest BCUT2D eigenvalue weighted by molar-refractivity contribution is 7.91. The molecular formula is C25H23N5O4S. The van der Waals surface area contributed by atoms with E-state index in [4.69, 9.17) is 9.47 Å². The predicted octanol–water partition coefficient (Wildman–Crippen LogP) is 4.49. The van der Waals surface area contributed by atoms with Gasteiger partial charge in [-0.1, -0.05) is 29.5 Å². The Labute approximate surface area is 202 Å². The lowest BCUT2D eigenvalue weighted by Gasteiger charge is -2.13. The van der Waals surface area contributed by atoms with Crippen LogP contribution in [-0.4, -0.2) is 42.4 Å². The second kappa shape index (κ2) is 8.55. The van der Waals surface area contributed by atoms with Gasteiger partial charge >= 0.3 is 0 Å². The predicted molar refractivity (Wildman–Crippen MR) is 132 cm³/mol. The Morgan fingerprint density at radius 3 is 2.34 bits per heavy atom. The van der Waals surface area contributed by atoms with E-state index >= 15 is 0 Å². The first-order chi connectivity index (χ1) is 16.8. The van der Waals surface area contributed by atoms with Crippen molar-refractivity contribution < 1.29 is 17.9 Å². The molecule has 0 atom stereocenters. The average molecular weight is 490 g/mol. The summed E-state index contributed by atoms with van der Waals surface area (Å²) in [4.78, 5) is 4.86. The Balaban J connectivity index is 1.73. The standard InChI is InChI=1S/C25H23N5O4S/c1-15-9-10-16(2)22(11-15)35(31,32)25-24-27-23(20-7-5-6-8-21(20)30(24)29-28-25)26-17-12-18(33-3)14-19(13-17)34-4/h5-14H,1-4H3,(H,26,27). The zero-order chi connectivity index (χ0) is 24.7. The molecule has 0 amide bonds. The van der Waals surface area contributed by atoms with Crippen molar-refractivity contribution >= 4 is 37.9 Å². The number of hydrogen-bond donors (Lipinski definition) is 1. The van der Waals surface area contributed by atoms with E-state index in [2.05, 4.69) is 20.6 Å². The summed E-state index contributed by atoms with van der Waals surface area (Å²) in [6.45, 7) is 3.60.